The van der Waals surface area contributed by atoms with Crippen molar-refractivity contribution in [1.29, 1.82) is 0 Å². The van der Waals surface area contributed by atoms with Gasteiger partial charge >= 0.3 is 6.01 Å². The zero-order valence-electron chi connectivity index (χ0n) is 11.9. The Morgan fingerprint density at radius 2 is 1.95 bits per heavy atom. The number of nitrogens with zero attached hydrogens (tertiary/aromatic N) is 2. The molecule has 1 heterocycles. The average molecular weight is 275 g/mol. The van der Waals surface area contributed by atoms with E-state index in [1.165, 1.54) is 6.07 Å². The maximum atomic E-state index is 13.1. The Labute approximate surface area is 118 Å². The minimum atomic E-state index is -0.256. The first kappa shape index (κ1) is 14.4. The summed E-state index contributed by atoms with van der Waals surface area (Å²) in [5, 5.41) is 3.28. The summed E-state index contributed by atoms with van der Waals surface area (Å²) in [5.41, 5.74) is 1.52. The van der Waals surface area contributed by atoms with Gasteiger partial charge in [-0.3, -0.25) is 0 Å². The lowest BCUT2D eigenvalue weighted by atomic mass is 10.2. The molecule has 0 fully saturated rings. The third kappa shape index (κ3) is 3.99. The van der Waals surface area contributed by atoms with Crippen molar-refractivity contribution in [2.45, 2.75) is 33.4 Å². The first-order valence-electron chi connectivity index (χ1n) is 6.53. The van der Waals surface area contributed by atoms with Crippen LogP contribution in [0.3, 0.4) is 0 Å². The lowest BCUT2D eigenvalue weighted by Gasteiger charge is -2.08. The van der Waals surface area contributed by atoms with Crippen LogP contribution in [-0.2, 0) is 6.54 Å². The summed E-state index contributed by atoms with van der Waals surface area (Å²) >= 11 is 0. The number of ether oxygens (including phenoxy) is 1. The van der Waals surface area contributed by atoms with Crippen molar-refractivity contribution >= 4 is 0 Å². The van der Waals surface area contributed by atoms with Gasteiger partial charge < -0.3 is 10.1 Å². The smallest absolute Gasteiger partial charge is 0.321 e. The number of halogens is 1. The Hall–Kier alpha value is -2.01. The Kier molecular flexibility index (Phi) is 4.63. The van der Waals surface area contributed by atoms with Gasteiger partial charge in [0.05, 0.1) is 0 Å². The second-order valence-electron chi connectivity index (χ2n) is 4.92. The molecule has 0 radical (unpaired) electrons. The van der Waals surface area contributed by atoms with Crippen molar-refractivity contribution in [2.24, 2.45) is 0 Å². The number of nitrogens with one attached hydrogen (secondary N) is 1. The number of hydrogen-bond donors (Lipinski definition) is 1. The molecule has 0 amide bonds. The van der Waals surface area contributed by atoms with Crippen LogP contribution in [0.4, 0.5) is 4.39 Å². The molecule has 106 valence electrons. The molecule has 0 aliphatic heterocycles. The van der Waals surface area contributed by atoms with Gasteiger partial charge in [-0.25, -0.2) is 14.4 Å². The molecule has 0 aliphatic carbocycles. The van der Waals surface area contributed by atoms with E-state index in [4.69, 9.17) is 4.74 Å². The lowest BCUT2D eigenvalue weighted by molar-refractivity contribution is 0.438. The summed E-state index contributed by atoms with van der Waals surface area (Å²) in [6, 6.07) is 5.20. The van der Waals surface area contributed by atoms with E-state index in [0.29, 0.717) is 23.9 Å². The summed E-state index contributed by atoms with van der Waals surface area (Å²) in [7, 11) is 0. The monoisotopic (exact) mass is 275 g/mol. The van der Waals surface area contributed by atoms with Gasteiger partial charge in [0.1, 0.15) is 11.6 Å². The van der Waals surface area contributed by atoms with Gasteiger partial charge in [-0.15, -0.1) is 0 Å². The molecule has 4 nitrogen and oxygen atoms in total. The predicted molar refractivity (Wildman–Crippen MR) is 75.2 cm³/mol. The van der Waals surface area contributed by atoms with Gasteiger partial charge in [0.2, 0.25) is 0 Å². The van der Waals surface area contributed by atoms with Crippen LogP contribution < -0.4 is 10.1 Å². The summed E-state index contributed by atoms with van der Waals surface area (Å²) in [5.74, 6) is 0.269. The molecule has 2 rings (SSSR count). The van der Waals surface area contributed by atoms with Gasteiger partial charge in [-0.2, -0.15) is 0 Å². The van der Waals surface area contributed by atoms with E-state index in [0.717, 1.165) is 5.56 Å². The zero-order chi connectivity index (χ0) is 14.5. The van der Waals surface area contributed by atoms with Gasteiger partial charge in [0.15, 0.2) is 0 Å². The molecule has 1 aromatic carbocycles. The third-order valence-electron chi connectivity index (χ3n) is 2.73. The molecule has 20 heavy (non-hydrogen) atoms. The summed E-state index contributed by atoms with van der Waals surface area (Å²) in [6.45, 7) is 6.56. The minimum absolute atomic E-state index is 0.254. The molecule has 0 bridgehead atoms. The molecule has 0 unspecified atom stereocenters. The number of hydrogen-bond acceptors (Lipinski definition) is 4. The van der Waals surface area contributed by atoms with Gasteiger partial charge in [-0.1, -0.05) is 13.8 Å². The fourth-order valence-electron chi connectivity index (χ4n) is 1.59. The van der Waals surface area contributed by atoms with Crippen LogP contribution in [0.15, 0.2) is 30.6 Å². The van der Waals surface area contributed by atoms with Crippen LogP contribution >= 0.6 is 0 Å². The number of aromatic nitrogens is 2. The Morgan fingerprint density at radius 3 is 2.55 bits per heavy atom. The van der Waals surface area contributed by atoms with E-state index in [1.807, 2.05) is 0 Å². The average Bonchev–Trinajstić information content (AvgIpc) is 2.42. The standard InChI is InChI=1S/C15H18FN3O/c1-10(2)17-7-12-8-18-15(19-9-12)20-13-4-5-14(16)11(3)6-13/h4-6,8-10,17H,7H2,1-3H3. The van der Waals surface area contributed by atoms with Crippen molar-refractivity contribution in [3.05, 3.63) is 47.5 Å². The van der Waals surface area contributed by atoms with E-state index >= 15 is 0 Å². The molecule has 5 heteroatoms. The first-order valence-corrected chi connectivity index (χ1v) is 6.53. The minimum Gasteiger partial charge on any atom is -0.424 e. The molecule has 0 aliphatic rings. The van der Waals surface area contributed by atoms with Crippen molar-refractivity contribution in [3.63, 3.8) is 0 Å². The third-order valence-corrected chi connectivity index (χ3v) is 2.73. The maximum Gasteiger partial charge on any atom is 0.321 e. The first-order chi connectivity index (χ1) is 9.54. The molecule has 0 saturated carbocycles. The number of rotatable bonds is 5. The van der Waals surface area contributed by atoms with Crippen LogP contribution in [0.25, 0.3) is 0 Å². The Bertz CT molecular complexity index is 570. The Morgan fingerprint density at radius 1 is 1.25 bits per heavy atom. The van der Waals surface area contributed by atoms with E-state index in [-0.39, 0.29) is 11.8 Å². The normalized spacial score (nSPS) is 10.8. The van der Waals surface area contributed by atoms with Crippen molar-refractivity contribution in [1.82, 2.24) is 15.3 Å². The molecule has 0 saturated heterocycles. The second-order valence-corrected chi connectivity index (χ2v) is 4.92. The molecule has 0 spiro atoms. The maximum absolute atomic E-state index is 13.1. The molecule has 1 N–H and O–H groups in total. The largest absolute Gasteiger partial charge is 0.424 e. The second kappa shape index (κ2) is 6.43. The van der Waals surface area contributed by atoms with Crippen LogP contribution in [0.2, 0.25) is 0 Å². The molecular weight excluding hydrogens is 257 g/mol. The zero-order valence-corrected chi connectivity index (χ0v) is 11.9. The van der Waals surface area contributed by atoms with Crippen molar-refractivity contribution in [2.75, 3.05) is 0 Å². The van der Waals surface area contributed by atoms with E-state index < -0.39 is 0 Å². The van der Waals surface area contributed by atoms with Gasteiger partial charge in [0, 0.05) is 30.5 Å². The highest BCUT2D eigenvalue weighted by atomic mass is 19.1. The van der Waals surface area contributed by atoms with Crippen LogP contribution in [-0.4, -0.2) is 16.0 Å². The van der Waals surface area contributed by atoms with Gasteiger partial charge in [-0.05, 0) is 30.7 Å². The quantitative estimate of drug-likeness (QED) is 0.910. The predicted octanol–water partition coefficient (Wildman–Crippen LogP) is 3.21. The lowest BCUT2D eigenvalue weighted by Crippen LogP contribution is -2.21. The van der Waals surface area contributed by atoms with Gasteiger partial charge in [0.25, 0.3) is 0 Å². The van der Waals surface area contributed by atoms with Crippen LogP contribution in [0.5, 0.6) is 11.8 Å². The molecule has 2 aromatic rings. The SMILES string of the molecule is Cc1cc(Oc2ncc(CNC(C)C)cn2)ccc1F. The Balaban J connectivity index is 2.01. The molecule has 1 aromatic heterocycles. The van der Waals surface area contributed by atoms with E-state index in [2.05, 4.69) is 29.1 Å². The fraction of sp³-hybridized carbons (Fsp3) is 0.333. The van der Waals surface area contributed by atoms with E-state index in [9.17, 15) is 4.39 Å². The summed E-state index contributed by atoms with van der Waals surface area (Å²) in [4.78, 5) is 8.27. The highest BCUT2D eigenvalue weighted by Gasteiger charge is 2.04. The van der Waals surface area contributed by atoms with E-state index in [1.54, 1.807) is 31.5 Å². The van der Waals surface area contributed by atoms with Crippen LogP contribution in [0.1, 0.15) is 25.0 Å². The summed E-state index contributed by atoms with van der Waals surface area (Å²) in [6.07, 6.45) is 3.43. The topological polar surface area (TPSA) is 47.0 Å². The fourth-order valence-corrected chi connectivity index (χ4v) is 1.59. The highest BCUT2D eigenvalue weighted by Crippen LogP contribution is 2.20. The summed E-state index contributed by atoms with van der Waals surface area (Å²) < 4.78 is 18.6. The highest BCUT2D eigenvalue weighted by molar-refractivity contribution is 5.30. The number of aryl methyl sites for hydroxylation is 1. The molecular formula is C15H18FN3O. The molecule has 0 atom stereocenters. The van der Waals surface area contributed by atoms with Crippen LogP contribution in [0, 0.1) is 12.7 Å². The number of benzene rings is 1. The van der Waals surface area contributed by atoms with Crippen molar-refractivity contribution < 1.29 is 9.13 Å². The van der Waals surface area contributed by atoms with Crippen molar-refractivity contribution in [3.8, 4) is 11.8 Å².